The zero-order valence-corrected chi connectivity index (χ0v) is 11.7. The maximum Gasteiger partial charge on any atom is 0.130 e. The van der Waals surface area contributed by atoms with Crippen LogP contribution in [0.2, 0.25) is 0 Å². The van der Waals surface area contributed by atoms with Gasteiger partial charge >= 0.3 is 0 Å². The lowest BCUT2D eigenvalue weighted by atomic mass is 10.3. The van der Waals surface area contributed by atoms with Gasteiger partial charge in [-0.2, -0.15) is 0 Å². The Bertz CT molecular complexity index is 506. The van der Waals surface area contributed by atoms with Gasteiger partial charge in [-0.1, -0.05) is 0 Å². The van der Waals surface area contributed by atoms with Crippen LogP contribution in [-0.4, -0.2) is 10.2 Å². The number of rotatable bonds is 2. The van der Waals surface area contributed by atoms with E-state index in [1.807, 2.05) is 0 Å². The second-order valence-corrected chi connectivity index (χ2v) is 5.04. The van der Waals surface area contributed by atoms with Crippen molar-refractivity contribution in [3.63, 3.8) is 0 Å². The molecule has 2 aromatic rings. The van der Waals surface area contributed by atoms with Crippen LogP contribution in [-0.2, 0) is 0 Å². The largest absolute Gasteiger partial charge is 0.507 e. The molecule has 17 heavy (non-hydrogen) atoms. The number of hydrogen-bond acceptors (Lipinski definition) is 3. The van der Waals surface area contributed by atoms with Gasteiger partial charge in [-0.25, -0.2) is 0 Å². The van der Waals surface area contributed by atoms with E-state index >= 15 is 0 Å². The minimum atomic E-state index is 0.157. The maximum absolute atomic E-state index is 9.35. The van der Waals surface area contributed by atoms with Gasteiger partial charge in [-0.3, -0.25) is 0 Å². The van der Waals surface area contributed by atoms with Crippen LogP contribution >= 0.6 is 31.9 Å². The van der Waals surface area contributed by atoms with E-state index in [1.165, 1.54) is 12.1 Å². The van der Waals surface area contributed by atoms with Crippen molar-refractivity contribution in [1.82, 2.24) is 0 Å². The number of phenolic OH excluding ortho intramolecular Hbond substituents is 2. The van der Waals surface area contributed by atoms with E-state index in [9.17, 15) is 10.2 Å². The smallest absolute Gasteiger partial charge is 0.130 e. The number of ether oxygens (including phenoxy) is 1. The maximum atomic E-state index is 9.35. The Balaban J connectivity index is 2.25. The Morgan fingerprint density at radius 2 is 1.18 bits per heavy atom. The number of hydrogen-bond donors (Lipinski definition) is 2. The van der Waals surface area contributed by atoms with Crippen LogP contribution in [0, 0.1) is 0 Å². The van der Waals surface area contributed by atoms with Crippen LogP contribution in [0.5, 0.6) is 23.0 Å². The second kappa shape index (κ2) is 4.98. The summed E-state index contributed by atoms with van der Waals surface area (Å²) in [7, 11) is 0. The van der Waals surface area contributed by atoms with Crippen LogP contribution in [0.15, 0.2) is 45.3 Å². The molecule has 0 aliphatic carbocycles. The standard InChI is InChI=1S/C12H8Br2O3/c13-9-5-7(1-3-11(9)15)17-8-2-4-12(16)10(14)6-8/h1-6,15-16H. The fourth-order valence-electron chi connectivity index (χ4n) is 1.24. The molecular weight excluding hydrogens is 352 g/mol. The normalized spacial score (nSPS) is 10.2. The minimum absolute atomic E-state index is 0.157. The molecule has 0 aliphatic rings. The number of phenols is 2. The first kappa shape index (κ1) is 12.3. The first-order chi connectivity index (χ1) is 8.06. The van der Waals surface area contributed by atoms with Gasteiger partial charge in [0.05, 0.1) is 8.95 Å². The van der Waals surface area contributed by atoms with Gasteiger partial charge in [0.15, 0.2) is 0 Å². The second-order valence-electron chi connectivity index (χ2n) is 3.33. The van der Waals surface area contributed by atoms with Crippen molar-refractivity contribution in [2.24, 2.45) is 0 Å². The number of aromatic hydroxyl groups is 2. The quantitative estimate of drug-likeness (QED) is 0.834. The SMILES string of the molecule is Oc1ccc(Oc2ccc(O)c(Br)c2)cc1Br. The van der Waals surface area contributed by atoms with Crippen LogP contribution in [0.25, 0.3) is 0 Å². The summed E-state index contributed by atoms with van der Waals surface area (Å²) in [6, 6.07) is 9.71. The third-order valence-corrected chi connectivity index (χ3v) is 3.34. The molecule has 0 aliphatic heterocycles. The highest BCUT2D eigenvalue weighted by Crippen LogP contribution is 2.33. The molecule has 0 unspecified atom stereocenters. The van der Waals surface area contributed by atoms with Crippen molar-refractivity contribution >= 4 is 31.9 Å². The summed E-state index contributed by atoms with van der Waals surface area (Å²) in [6.45, 7) is 0. The fraction of sp³-hybridized carbons (Fsp3) is 0. The van der Waals surface area contributed by atoms with E-state index in [4.69, 9.17) is 4.74 Å². The van der Waals surface area contributed by atoms with Crippen molar-refractivity contribution < 1.29 is 14.9 Å². The van der Waals surface area contributed by atoms with E-state index in [-0.39, 0.29) is 11.5 Å². The first-order valence-electron chi connectivity index (χ1n) is 4.71. The van der Waals surface area contributed by atoms with Gasteiger partial charge < -0.3 is 14.9 Å². The molecule has 0 saturated carbocycles. The summed E-state index contributed by atoms with van der Waals surface area (Å²) in [4.78, 5) is 0. The molecule has 5 heteroatoms. The Hall–Kier alpha value is -1.20. The lowest BCUT2D eigenvalue weighted by Crippen LogP contribution is -1.84. The predicted octanol–water partition coefficient (Wildman–Crippen LogP) is 4.42. The van der Waals surface area contributed by atoms with Gasteiger partial charge in [0.2, 0.25) is 0 Å². The molecular formula is C12H8Br2O3. The molecule has 2 aromatic carbocycles. The fourth-order valence-corrected chi connectivity index (χ4v) is 1.95. The molecule has 0 saturated heterocycles. The summed E-state index contributed by atoms with van der Waals surface area (Å²) in [5.74, 6) is 1.49. The monoisotopic (exact) mass is 358 g/mol. The zero-order chi connectivity index (χ0) is 12.4. The Labute approximate surface area is 115 Å². The molecule has 0 amide bonds. The Morgan fingerprint density at radius 1 is 0.765 bits per heavy atom. The molecule has 0 heterocycles. The van der Waals surface area contributed by atoms with Gasteiger partial charge in [0.1, 0.15) is 23.0 Å². The van der Waals surface area contributed by atoms with Crippen LogP contribution < -0.4 is 4.74 Å². The lowest BCUT2D eigenvalue weighted by Gasteiger charge is -2.07. The summed E-state index contributed by atoms with van der Waals surface area (Å²) in [5.41, 5.74) is 0. The lowest BCUT2D eigenvalue weighted by molar-refractivity contribution is 0.455. The van der Waals surface area contributed by atoms with Crippen LogP contribution in [0.4, 0.5) is 0 Å². The van der Waals surface area contributed by atoms with Crippen molar-refractivity contribution in [1.29, 1.82) is 0 Å². The van der Waals surface area contributed by atoms with Crippen LogP contribution in [0.3, 0.4) is 0 Å². The summed E-state index contributed by atoms with van der Waals surface area (Å²) in [5, 5.41) is 18.7. The van der Waals surface area contributed by atoms with E-state index in [0.717, 1.165) is 0 Å². The van der Waals surface area contributed by atoms with E-state index in [0.29, 0.717) is 20.4 Å². The molecule has 0 bridgehead atoms. The average molecular weight is 360 g/mol. The highest BCUT2D eigenvalue weighted by Gasteiger charge is 2.04. The van der Waals surface area contributed by atoms with Crippen molar-refractivity contribution in [3.8, 4) is 23.0 Å². The average Bonchev–Trinajstić information content (AvgIpc) is 2.29. The van der Waals surface area contributed by atoms with Crippen molar-refractivity contribution in [3.05, 3.63) is 45.3 Å². The third-order valence-electron chi connectivity index (χ3n) is 2.07. The molecule has 0 atom stereocenters. The highest BCUT2D eigenvalue weighted by molar-refractivity contribution is 9.10. The molecule has 0 aromatic heterocycles. The van der Waals surface area contributed by atoms with E-state index in [1.54, 1.807) is 24.3 Å². The third kappa shape index (κ3) is 2.92. The summed E-state index contributed by atoms with van der Waals surface area (Å²) in [6.07, 6.45) is 0. The first-order valence-corrected chi connectivity index (χ1v) is 6.30. The van der Waals surface area contributed by atoms with Crippen molar-refractivity contribution in [2.75, 3.05) is 0 Å². The molecule has 3 nitrogen and oxygen atoms in total. The molecule has 0 radical (unpaired) electrons. The number of benzene rings is 2. The Morgan fingerprint density at radius 3 is 1.53 bits per heavy atom. The van der Waals surface area contributed by atoms with E-state index in [2.05, 4.69) is 31.9 Å². The van der Waals surface area contributed by atoms with Crippen LogP contribution in [0.1, 0.15) is 0 Å². The molecule has 2 rings (SSSR count). The predicted molar refractivity (Wildman–Crippen MR) is 71.7 cm³/mol. The van der Waals surface area contributed by atoms with Gasteiger partial charge in [0.25, 0.3) is 0 Å². The summed E-state index contributed by atoms with van der Waals surface area (Å²) >= 11 is 6.41. The Kier molecular flexibility index (Phi) is 3.59. The van der Waals surface area contributed by atoms with Gasteiger partial charge in [-0.15, -0.1) is 0 Å². The van der Waals surface area contributed by atoms with Gasteiger partial charge in [-0.05, 0) is 68.3 Å². The van der Waals surface area contributed by atoms with Gasteiger partial charge in [0, 0.05) is 0 Å². The summed E-state index contributed by atoms with van der Waals surface area (Å²) < 4.78 is 6.69. The molecule has 0 fully saturated rings. The van der Waals surface area contributed by atoms with E-state index < -0.39 is 0 Å². The highest BCUT2D eigenvalue weighted by atomic mass is 79.9. The molecule has 0 spiro atoms. The topological polar surface area (TPSA) is 49.7 Å². The zero-order valence-electron chi connectivity index (χ0n) is 8.52. The number of halogens is 2. The minimum Gasteiger partial charge on any atom is -0.507 e. The molecule has 88 valence electrons. The van der Waals surface area contributed by atoms with Crippen molar-refractivity contribution in [2.45, 2.75) is 0 Å². The molecule has 2 N–H and O–H groups in total.